The zero-order valence-electron chi connectivity index (χ0n) is 9.10. The molecule has 4 nitrogen and oxygen atoms in total. The van der Waals surface area contributed by atoms with Crippen molar-refractivity contribution >= 4 is 57.4 Å². The molecule has 1 heterocycles. The molecule has 0 unspecified atom stereocenters. The molecule has 1 aromatic carbocycles. The number of halogens is 1. The summed E-state index contributed by atoms with van der Waals surface area (Å²) in [6.07, 6.45) is 0.0865. The van der Waals surface area contributed by atoms with E-state index in [1.54, 1.807) is 24.3 Å². The molecular formula is C11H9ClN2O2S2. The van der Waals surface area contributed by atoms with Crippen LogP contribution in [0.15, 0.2) is 24.3 Å². The number of amides is 2. The van der Waals surface area contributed by atoms with Crippen molar-refractivity contribution < 1.29 is 9.59 Å². The van der Waals surface area contributed by atoms with Gasteiger partial charge in [0.2, 0.25) is 11.8 Å². The summed E-state index contributed by atoms with van der Waals surface area (Å²) >= 11 is 11.9. The zero-order valence-corrected chi connectivity index (χ0v) is 11.5. The summed E-state index contributed by atoms with van der Waals surface area (Å²) in [4.78, 5) is 23.1. The molecule has 94 valence electrons. The molecule has 2 N–H and O–H groups in total. The van der Waals surface area contributed by atoms with Gasteiger partial charge >= 0.3 is 0 Å². The number of anilines is 1. The van der Waals surface area contributed by atoms with Crippen LogP contribution in [0.5, 0.6) is 0 Å². The quantitative estimate of drug-likeness (QED) is 0.840. The van der Waals surface area contributed by atoms with E-state index >= 15 is 0 Å². The van der Waals surface area contributed by atoms with E-state index in [1.807, 2.05) is 0 Å². The molecule has 1 aliphatic rings. The van der Waals surface area contributed by atoms with Gasteiger partial charge in [-0.3, -0.25) is 9.59 Å². The minimum Gasteiger partial charge on any atom is -0.326 e. The highest BCUT2D eigenvalue weighted by Crippen LogP contribution is 2.23. The Morgan fingerprint density at radius 2 is 2.33 bits per heavy atom. The van der Waals surface area contributed by atoms with Crippen molar-refractivity contribution in [1.29, 1.82) is 0 Å². The van der Waals surface area contributed by atoms with E-state index in [0.29, 0.717) is 15.0 Å². The highest BCUT2D eigenvalue weighted by atomic mass is 35.5. The average Bonchev–Trinajstić information content (AvgIpc) is 2.57. The predicted molar refractivity (Wildman–Crippen MR) is 76.8 cm³/mol. The van der Waals surface area contributed by atoms with Gasteiger partial charge in [-0.2, -0.15) is 0 Å². The first-order valence-electron chi connectivity index (χ1n) is 5.11. The monoisotopic (exact) mass is 300 g/mol. The van der Waals surface area contributed by atoms with Crippen molar-refractivity contribution in [3.05, 3.63) is 29.3 Å². The topological polar surface area (TPSA) is 58.2 Å². The Balaban J connectivity index is 1.93. The Morgan fingerprint density at radius 3 is 2.94 bits per heavy atom. The first-order valence-corrected chi connectivity index (χ1v) is 6.78. The summed E-state index contributed by atoms with van der Waals surface area (Å²) in [5.41, 5.74) is 0.610. The molecule has 1 aromatic rings. The van der Waals surface area contributed by atoms with Gasteiger partial charge in [-0.05, 0) is 18.2 Å². The van der Waals surface area contributed by atoms with Gasteiger partial charge in [0.1, 0.15) is 4.32 Å². The smallest absolute Gasteiger partial charge is 0.239 e. The molecule has 0 bridgehead atoms. The van der Waals surface area contributed by atoms with E-state index < -0.39 is 5.25 Å². The van der Waals surface area contributed by atoms with E-state index in [4.69, 9.17) is 23.8 Å². The van der Waals surface area contributed by atoms with Gasteiger partial charge in [-0.1, -0.05) is 41.6 Å². The van der Waals surface area contributed by atoms with Crippen molar-refractivity contribution in [2.24, 2.45) is 0 Å². The second-order valence-electron chi connectivity index (χ2n) is 3.65. The van der Waals surface area contributed by atoms with Crippen LogP contribution in [0.3, 0.4) is 0 Å². The zero-order chi connectivity index (χ0) is 13.1. The maximum Gasteiger partial charge on any atom is 0.239 e. The van der Waals surface area contributed by atoms with Crippen LogP contribution >= 0.6 is 35.6 Å². The summed E-state index contributed by atoms with van der Waals surface area (Å²) in [7, 11) is 0. The Labute approximate surface area is 118 Å². The molecule has 0 aliphatic carbocycles. The third kappa shape index (κ3) is 3.44. The fourth-order valence-electron chi connectivity index (χ4n) is 1.47. The number of hydrogen-bond acceptors (Lipinski definition) is 4. The first kappa shape index (κ1) is 13.3. The van der Waals surface area contributed by atoms with E-state index in [-0.39, 0.29) is 18.2 Å². The van der Waals surface area contributed by atoms with Crippen LogP contribution in [0.2, 0.25) is 5.02 Å². The van der Waals surface area contributed by atoms with E-state index in [0.717, 1.165) is 0 Å². The molecule has 18 heavy (non-hydrogen) atoms. The molecule has 0 radical (unpaired) electrons. The summed E-state index contributed by atoms with van der Waals surface area (Å²) in [5.74, 6) is -0.458. The van der Waals surface area contributed by atoms with Crippen LogP contribution in [0, 0.1) is 0 Å². The standard InChI is InChI=1S/C11H9ClN2O2S2/c12-6-2-1-3-7(4-6)13-9(15)5-8-10(16)14-11(17)18-8/h1-4,8H,5H2,(H,13,15)(H,14,16,17)/t8-/m0/s1. The van der Waals surface area contributed by atoms with Crippen LogP contribution in [0.1, 0.15) is 6.42 Å². The van der Waals surface area contributed by atoms with E-state index in [1.165, 1.54) is 11.8 Å². The van der Waals surface area contributed by atoms with Crippen LogP contribution in [0.4, 0.5) is 5.69 Å². The van der Waals surface area contributed by atoms with Crippen molar-refractivity contribution in [2.75, 3.05) is 5.32 Å². The SMILES string of the molecule is O=C(C[C@@H]1SC(=S)NC1=O)Nc1cccc(Cl)c1. The second-order valence-corrected chi connectivity index (χ2v) is 5.96. The number of carbonyl (C=O) groups excluding carboxylic acids is 2. The van der Waals surface area contributed by atoms with E-state index in [9.17, 15) is 9.59 Å². The normalized spacial score (nSPS) is 18.6. The van der Waals surface area contributed by atoms with E-state index in [2.05, 4.69) is 10.6 Å². The van der Waals surface area contributed by atoms with Crippen LogP contribution in [-0.2, 0) is 9.59 Å². The number of nitrogens with one attached hydrogen (secondary N) is 2. The lowest BCUT2D eigenvalue weighted by Gasteiger charge is -2.07. The van der Waals surface area contributed by atoms with Crippen molar-refractivity contribution in [3.8, 4) is 0 Å². The fraction of sp³-hybridized carbons (Fsp3) is 0.182. The number of carbonyl (C=O) groups is 2. The first-order chi connectivity index (χ1) is 8.54. The molecule has 2 rings (SSSR count). The van der Waals surface area contributed by atoms with Gasteiger partial charge < -0.3 is 10.6 Å². The molecule has 0 saturated carbocycles. The molecule has 1 saturated heterocycles. The molecule has 1 fully saturated rings. The van der Waals surface area contributed by atoms with Gasteiger partial charge in [-0.25, -0.2) is 0 Å². The number of benzene rings is 1. The third-order valence-electron chi connectivity index (χ3n) is 2.25. The largest absolute Gasteiger partial charge is 0.326 e. The maximum absolute atomic E-state index is 11.7. The summed E-state index contributed by atoms with van der Waals surface area (Å²) in [6, 6.07) is 6.84. The van der Waals surface area contributed by atoms with Crippen molar-refractivity contribution in [1.82, 2.24) is 5.32 Å². The van der Waals surface area contributed by atoms with Crippen LogP contribution < -0.4 is 10.6 Å². The number of thiocarbonyl (C=S) groups is 1. The molecule has 0 aromatic heterocycles. The van der Waals surface area contributed by atoms with Crippen LogP contribution in [-0.4, -0.2) is 21.4 Å². The fourth-order valence-corrected chi connectivity index (χ4v) is 2.93. The second kappa shape index (κ2) is 5.69. The minimum absolute atomic E-state index is 0.0865. The average molecular weight is 301 g/mol. The minimum atomic E-state index is -0.448. The molecule has 2 amide bonds. The van der Waals surface area contributed by atoms with Crippen molar-refractivity contribution in [3.63, 3.8) is 0 Å². The Bertz CT molecular complexity index is 522. The highest BCUT2D eigenvalue weighted by Gasteiger charge is 2.30. The summed E-state index contributed by atoms with van der Waals surface area (Å²) < 4.78 is 0.417. The molecule has 0 spiro atoms. The predicted octanol–water partition coefficient (Wildman–Crippen LogP) is 2.19. The summed E-state index contributed by atoms with van der Waals surface area (Å²) in [6.45, 7) is 0. The number of rotatable bonds is 3. The van der Waals surface area contributed by atoms with Gasteiger partial charge in [0.05, 0.1) is 5.25 Å². The highest BCUT2D eigenvalue weighted by molar-refractivity contribution is 8.24. The Hall–Kier alpha value is -1.11. The lowest BCUT2D eigenvalue weighted by atomic mass is 10.2. The maximum atomic E-state index is 11.7. The summed E-state index contributed by atoms with van der Waals surface area (Å²) in [5, 5.41) is 5.28. The Morgan fingerprint density at radius 1 is 1.56 bits per heavy atom. The molecule has 7 heteroatoms. The Kier molecular flexibility index (Phi) is 4.21. The van der Waals surface area contributed by atoms with Gasteiger partial charge in [-0.15, -0.1) is 0 Å². The van der Waals surface area contributed by atoms with Crippen molar-refractivity contribution in [2.45, 2.75) is 11.7 Å². The molecular weight excluding hydrogens is 292 g/mol. The van der Waals surface area contributed by atoms with Gasteiger partial charge in [0, 0.05) is 17.1 Å². The van der Waals surface area contributed by atoms with Gasteiger partial charge in [0.15, 0.2) is 0 Å². The number of thioether (sulfide) groups is 1. The lowest BCUT2D eigenvalue weighted by Crippen LogP contribution is -2.27. The molecule has 1 aliphatic heterocycles. The lowest BCUT2D eigenvalue weighted by molar-refractivity contribution is -0.122. The molecule has 1 atom stereocenters. The number of hydrogen-bond donors (Lipinski definition) is 2. The third-order valence-corrected chi connectivity index (χ3v) is 3.85. The van der Waals surface area contributed by atoms with Gasteiger partial charge in [0.25, 0.3) is 0 Å². The van der Waals surface area contributed by atoms with Crippen LogP contribution in [0.25, 0.3) is 0 Å².